The van der Waals surface area contributed by atoms with Crippen LogP contribution < -0.4 is 5.32 Å². The molecule has 1 aromatic rings. The van der Waals surface area contributed by atoms with Crippen molar-refractivity contribution in [1.82, 2.24) is 5.32 Å². The molecule has 1 amide bonds. The quantitative estimate of drug-likeness (QED) is 0.162. The van der Waals surface area contributed by atoms with E-state index in [4.69, 9.17) is 14.2 Å². The third-order valence-corrected chi connectivity index (χ3v) is 10.7. The summed E-state index contributed by atoms with van der Waals surface area (Å²) in [5.74, 6) is -4.54. The first-order valence-electron chi connectivity index (χ1n) is 16.9. The predicted molar refractivity (Wildman–Crippen MR) is 178 cm³/mol. The van der Waals surface area contributed by atoms with Gasteiger partial charge in [0.1, 0.15) is 23.4 Å². The van der Waals surface area contributed by atoms with E-state index in [1.54, 1.807) is 78.8 Å². The molecule has 1 heterocycles. The number of nitrogens with one attached hydrogen (secondary N) is 1. The van der Waals surface area contributed by atoms with E-state index >= 15 is 0 Å². The minimum Gasteiger partial charge on any atom is -0.456 e. The fourth-order valence-corrected chi connectivity index (χ4v) is 7.92. The van der Waals surface area contributed by atoms with Crippen LogP contribution in [0.2, 0.25) is 0 Å². The van der Waals surface area contributed by atoms with Gasteiger partial charge in [0.2, 0.25) is 5.91 Å². The number of esters is 2. The molecule has 0 aromatic heterocycles. The molecule has 12 nitrogen and oxygen atoms in total. The molecule has 50 heavy (non-hydrogen) atoms. The van der Waals surface area contributed by atoms with Crippen LogP contribution in [-0.2, 0) is 28.6 Å². The summed E-state index contributed by atoms with van der Waals surface area (Å²) in [5, 5.41) is 49.9. The summed E-state index contributed by atoms with van der Waals surface area (Å²) in [4.78, 5) is 52.9. The Hall–Kier alpha value is -1.98. The first-order valence-corrected chi connectivity index (χ1v) is 16.9. The predicted octanol–water partition coefficient (Wildman–Crippen LogP) is 2.56. The molecule has 4 rings (SSSR count). The Bertz CT molecular complexity index is 1510. The number of allylic oxidation sites excluding steroid dienone is 1. The Morgan fingerprint density at radius 3 is 2.24 bits per heavy atom. The second-order valence-corrected chi connectivity index (χ2v) is 14.6. The summed E-state index contributed by atoms with van der Waals surface area (Å²) >= 11 is 0. The maximum atomic E-state index is 13.8. The smallest absolute Gasteiger partial charge is 0.338 e. The van der Waals surface area contributed by atoms with Crippen molar-refractivity contribution < 1.29 is 97.9 Å². The van der Waals surface area contributed by atoms with Crippen molar-refractivity contribution in [2.24, 2.45) is 17.3 Å². The van der Waals surface area contributed by atoms with E-state index in [0.29, 0.717) is 5.57 Å². The Balaban J connectivity index is 0.00000676. The Labute approximate surface area is 329 Å². The van der Waals surface area contributed by atoms with Crippen molar-refractivity contribution in [1.29, 1.82) is 0 Å². The van der Waals surface area contributed by atoms with Gasteiger partial charge in [0, 0.05) is 87.2 Å². The van der Waals surface area contributed by atoms with Gasteiger partial charge < -0.3 is 40.0 Å². The number of benzene rings is 1. The van der Waals surface area contributed by atoms with Crippen LogP contribution in [0.4, 0.5) is 0 Å². The molecule has 2 fully saturated rings. The van der Waals surface area contributed by atoms with Crippen LogP contribution in [0.25, 0.3) is 0 Å². The van der Waals surface area contributed by atoms with Gasteiger partial charge in [0.05, 0.1) is 30.4 Å². The zero-order valence-electron chi connectivity index (χ0n) is 30.1. The zero-order valence-corrected chi connectivity index (χ0v) is 34.9. The molecular formula is C37H51AcNO11. The average Bonchev–Trinajstić information content (AvgIpc) is 3.03. The fourth-order valence-electron chi connectivity index (χ4n) is 7.92. The number of carbonyl (C=O) groups excluding carboxylic acids is 4. The van der Waals surface area contributed by atoms with E-state index < -0.39 is 89.3 Å². The van der Waals surface area contributed by atoms with Gasteiger partial charge in [-0.3, -0.25) is 9.59 Å². The number of aliphatic hydroxyl groups excluding tert-OH is 2. The summed E-state index contributed by atoms with van der Waals surface area (Å²) < 4.78 is 17.7. The molecule has 1 radical (unpaired) electrons. The number of hydrogen-bond donors (Lipinski definition) is 5. The minimum atomic E-state index is -2.18. The van der Waals surface area contributed by atoms with Crippen molar-refractivity contribution in [2.45, 2.75) is 122 Å². The van der Waals surface area contributed by atoms with E-state index in [1.807, 2.05) is 0 Å². The summed E-state index contributed by atoms with van der Waals surface area (Å²) in [6.07, 6.45) is -5.18. The number of ketones is 1. The third-order valence-electron chi connectivity index (χ3n) is 10.7. The van der Waals surface area contributed by atoms with Gasteiger partial charge in [-0.15, -0.1) is 0 Å². The van der Waals surface area contributed by atoms with E-state index in [9.17, 15) is 39.6 Å². The first-order chi connectivity index (χ1) is 22.8. The number of aliphatic hydroxyl groups is 4. The monoisotopic (exact) mass is 912 g/mol. The number of amides is 1. The number of Topliss-reactive ketones (excluding diaryl/α,β-unsaturated/α-hetero) is 1. The molecule has 1 aromatic carbocycles. The van der Waals surface area contributed by atoms with Gasteiger partial charge in [-0.05, 0) is 44.4 Å². The molecule has 2 aliphatic carbocycles. The van der Waals surface area contributed by atoms with Gasteiger partial charge >= 0.3 is 11.9 Å². The molecule has 3 aliphatic rings. The van der Waals surface area contributed by atoms with Gasteiger partial charge in [0.15, 0.2) is 11.9 Å². The van der Waals surface area contributed by atoms with Crippen LogP contribution in [-0.4, -0.2) is 98.4 Å². The molecule has 0 spiro atoms. The van der Waals surface area contributed by atoms with Crippen LogP contribution in [0.3, 0.4) is 0 Å². The first kappa shape index (κ1) is 42.4. The van der Waals surface area contributed by atoms with Crippen molar-refractivity contribution in [3.05, 3.63) is 58.7 Å². The van der Waals surface area contributed by atoms with Crippen molar-refractivity contribution in [2.75, 3.05) is 6.61 Å². The topological polar surface area (TPSA) is 189 Å². The molecule has 9 unspecified atom stereocenters. The summed E-state index contributed by atoms with van der Waals surface area (Å²) in [7, 11) is 0. The van der Waals surface area contributed by atoms with Crippen LogP contribution in [0.5, 0.6) is 0 Å². The largest absolute Gasteiger partial charge is 0.456 e. The standard InChI is InChI=1S/C37H51NO11.Ac/c1-9-25(40)29-21(5)27(48-34(44)31(42)24(15-19(2)3)38-22(6)39)17-37(46,35(29,7)8)32(49-33(43)23-13-11-10-12-14-23)30-20(4)26(41)16-28-36(30,45)18-47-28;/h10-15,20,24,26-28,30-32,41-42,45-46H,9,16-18H2,1-8H3,(H,38,39);/t20-,24?,26?,27?,28?,30?,31?,32?,36?,37?;/m0./s1. The maximum absolute atomic E-state index is 13.8. The summed E-state index contributed by atoms with van der Waals surface area (Å²) in [6, 6.07) is 6.98. The van der Waals surface area contributed by atoms with E-state index in [1.165, 1.54) is 13.0 Å². The SMILES string of the molecule is CCC(=O)C1=C(C)C(OC(=O)C(O)C(C=C(C)C)NC(C)=O)CC(O)(C(OC(=O)c2ccccc2)C2[C@@H](C)C(O)CC3OCC32O)C1(C)C.[Ac]. The van der Waals surface area contributed by atoms with Crippen molar-refractivity contribution >= 4 is 23.6 Å². The Morgan fingerprint density at radius 2 is 1.72 bits per heavy atom. The normalized spacial score (nSPS) is 31.7. The number of carbonyl (C=O) groups is 4. The zero-order chi connectivity index (χ0) is 36.6. The maximum Gasteiger partial charge on any atom is 0.338 e. The van der Waals surface area contributed by atoms with Crippen molar-refractivity contribution in [3.63, 3.8) is 0 Å². The van der Waals surface area contributed by atoms with Gasteiger partial charge in [-0.2, -0.15) is 0 Å². The molecule has 10 atom stereocenters. The fraction of sp³-hybridized carbons (Fsp3) is 0.622. The van der Waals surface area contributed by atoms with Crippen molar-refractivity contribution in [3.8, 4) is 0 Å². The average molecular weight is 913 g/mol. The van der Waals surface area contributed by atoms with Crippen LogP contribution in [0, 0.1) is 61.3 Å². The number of hydrogen-bond acceptors (Lipinski definition) is 11. The van der Waals surface area contributed by atoms with Crippen LogP contribution in [0.1, 0.15) is 85.0 Å². The minimum absolute atomic E-state index is 0. The molecule has 13 heteroatoms. The second-order valence-electron chi connectivity index (χ2n) is 14.6. The molecule has 273 valence electrons. The summed E-state index contributed by atoms with van der Waals surface area (Å²) in [6.45, 7) is 12.8. The van der Waals surface area contributed by atoms with Gasteiger partial charge in [-0.25, -0.2) is 9.59 Å². The number of ether oxygens (including phenoxy) is 3. The molecule has 5 N–H and O–H groups in total. The van der Waals surface area contributed by atoms with Gasteiger partial charge in [0.25, 0.3) is 0 Å². The van der Waals surface area contributed by atoms with Crippen LogP contribution in [0.15, 0.2) is 53.1 Å². The van der Waals surface area contributed by atoms with E-state index in [-0.39, 0.29) is 80.4 Å². The molecule has 0 bridgehead atoms. The number of rotatable bonds is 11. The molecule has 1 saturated heterocycles. The Morgan fingerprint density at radius 1 is 1.10 bits per heavy atom. The molecule has 1 aliphatic heterocycles. The molecule has 1 saturated carbocycles. The molecular weight excluding hydrogens is 861 g/mol. The Kier molecular flexibility index (Phi) is 13.9. The number of fused-ring (bicyclic) bond motifs is 1. The van der Waals surface area contributed by atoms with E-state index in [0.717, 1.165) is 5.57 Å². The van der Waals surface area contributed by atoms with Gasteiger partial charge in [-0.1, -0.05) is 57.5 Å². The van der Waals surface area contributed by atoms with Crippen LogP contribution >= 0.6 is 0 Å². The third kappa shape index (κ3) is 7.99. The second kappa shape index (κ2) is 16.4. The summed E-state index contributed by atoms with van der Waals surface area (Å²) in [5.41, 5.74) is -3.86. The van der Waals surface area contributed by atoms with E-state index in [2.05, 4.69) is 5.32 Å².